The molecule has 0 unspecified atom stereocenters. The molecule has 0 aromatic heterocycles. The van der Waals surface area contributed by atoms with Crippen molar-refractivity contribution in [2.45, 2.75) is 78.2 Å². The largest absolute Gasteiger partial charge is 0.463 e. The zero-order valence-electron chi connectivity index (χ0n) is 19.4. The SMILES string of the molecule is CCOC(=O)/C=C(C)/C=C/[C@@H]1C[C@]1(C)c1ccc2c(c1)C(C)(C)CC(=S)N2C(C)C. The monoisotopic (exact) mass is 425 g/mol. The van der Waals surface area contributed by atoms with Gasteiger partial charge in [0.2, 0.25) is 0 Å². The van der Waals surface area contributed by atoms with Gasteiger partial charge >= 0.3 is 5.97 Å². The van der Waals surface area contributed by atoms with Gasteiger partial charge in [-0.25, -0.2) is 4.79 Å². The first-order chi connectivity index (χ1) is 14.0. The molecular weight excluding hydrogens is 390 g/mol. The third-order valence-electron chi connectivity index (χ3n) is 6.55. The molecule has 1 saturated carbocycles. The third kappa shape index (κ3) is 4.39. The Balaban J connectivity index is 1.84. The number of carbonyl (C=O) groups is 1. The Morgan fingerprint density at radius 1 is 1.33 bits per heavy atom. The van der Waals surface area contributed by atoms with Crippen LogP contribution in [0.2, 0.25) is 0 Å². The Morgan fingerprint density at radius 3 is 2.67 bits per heavy atom. The zero-order valence-corrected chi connectivity index (χ0v) is 20.2. The summed E-state index contributed by atoms with van der Waals surface area (Å²) in [6.45, 7) is 15.5. The molecule has 1 heterocycles. The summed E-state index contributed by atoms with van der Waals surface area (Å²) in [7, 11) is 0. The van der Waals surface area contributed by atoms with Gasteiger partial charge in [0.05, 0.1) is 11.6 Å². The van der Waals surface area contributed by atoms with Crippen LogP contribution < -0.4 is 4.90 Å². The van der Waals surface area contributed by atoms with Crippen molar-refractivity contribution in [3.63, 3.8) is 0 Å². The van der Waals surface area contributed by atoms with Gasteiger partial charge in [-0.2, -0.15) is 0 Å². The number of thiocarbonyl (C=S) groups is 1. The van der Waals surface area contributed by atoms with E-state index in [9.17, 15) is 4.79 Å². The summed E-state index contributed by atoms with van der Waals surface area (Å²) in [5, 5.41) is 0. The van der Waals surface area contributed by atoms with E-state index in [2.05, 4.69) is 63.8 Å². The van der Waals surface area contributed by atoms with Crippen LogP contribution in [0.1, 0.15) is 72.4 Å². The molecule has 0 amide bonds. The second-order valence-corrected chi connectivity index (χ2v) is 10.3. The van der Waals surface area contributed by atoms with Crippen LogP contribution in [-0.4, -0.2) is 23.6 Å². The Bertz CT molecular complexity index is 912. The first-order valence-corrected chi connectivity index (χ1v) is 11.4. The molecular formula is C26H35NO2S. The van der Waals surface area contributed by atoms with Gasteiger partial charge in [-0.15, -0.1) is 0 Å². The van der Waals surface area contributed by atoms with E-state index in [1.807, 2.05) is 19.9 Å². The molecule has 1 aromatic carbocycles. The highest BCUT2D eigenvalue weighted by atomic mass is 32.1. The predicted molar refractivity (Wildman–Crippen MR) is 129 cm³/mol. The van der Waals surface area contributed by atoms with E-state index in [-0.39, 0.29) is 16.8 Å². The number of nitrogens with zero attached hydrogens (tertiary/aromatic N) is 1. The van der Waals surface area contributed by atoms with Crippen molar-refractivity contribution < 1.29 is 9.53 Å². The number of hydrogen-bond acceptors (Lipinski definition) is 3. The molecule has 0 bridgehead atoms. The van der Waals surface area contributed by atoms with E-state index in [1.165, 1.54) is 16.8 Å². The number of allylic oxidation sites excluding steroid dienone is 3. The summed E-state index contributed by atoms with van der Waals surface area (Å²) in [5.41, 5.74) is 5.18. The highest BCUT2D eigenvalue weighted by Crippen LogP contribution is 2.56. The van der Waals surface area contributed by atoms with Crippen LogP contribution in [0.25, 0.3) is 0 Å². The Hall–Kier alpha value is -1.94. The molecule has 3 nitrogen and oxygen atoms in total. The van der Waals surface area contributed by atoms with Gasteiger partial charge in [0.15, 0.2) is 0 Å². The number of benzene rings is 1. The highest BCUT2D eigenvalue weighted by molar-refractivity contribution is 7.80. The first kappa shape index (κ1) is 22.7. The fourth-order valence-corrected chi connectivity index (χ4v) is 5.27. The molecule has 30 heavy (non-hydrogen) atoms. The van der Waals surface area contributed by atoms with Crippen LogP contribution in [-0.2, 0) is 20.4 Å². The summed E-state index contributed by atoms with van der Waals surface area (Å²) in [5.74, 6) is 0.206. The lowest BCUT2D eigenvalue weighted by Crippen LogP contribution is -2.44. The molecule has 0 N–H and O–H groups in total. The smallest absolute Gasteiger partial charge is 0.330 e. The normalized spacial score (nSPS) is 25.6. The van der Waals surface area contributed by atoms with E-state index in [0.29, 0.717) is 18.6 Å². The van der Waals surface area contributed by atoms with Gasteiger partial charge in [0.25, 0.3) is 0 Å². The summed E-state index contributed by atoms with van der Waals surface area (Å²) in [6, 6.07) is 7.34. The third-order valence-corrected chi connectivity index (χ3v) is 6.89. The fraction of sp³-hybridized carbons (Fsp3) is 0.538. The second kappa shape index (κ2) is 8.30. The van der Waals surface area contributed by atoms with Crippen molar-refractivity contribution in [2.75, 3.05) is 11.5 Å². The molecule has 1 aliphatic heterocycles. The van der Waals surface area contributed by atoms with Crippen molar-refractivity contribution in [2.24, 2.45) is 5.92 Å². The van der Waals surface area contributed by atoms with Crippen LogP contribution in [0, 0.1) is 5.92 Å². The van der Waals surface area contributed by atoms with Crippen LogP contribution in [0.15, 0.2) is 42.0 Å². The van der Waals surface area contributed by atoms with E-state index in [1.54, 1.807) is 6.08 Å². The van der Waals surface area contributed by atoms with Crippen LogP contribution >= 0.6 is 12.2 Å². The number of anilines is 1. The van der Waals surface area contributed by atoms with Crippen molar-refractivity contribution in [3.05, 3.63) is 53.1 Å². The lowest BCUT2D eigenvalue weighted by atomic mass is 9.75. The number of fused-ring (bicyclic) bond motifs is 1. The molecule has 0 saturated heterocycles. The molecule has 0 radical (unpaired) electrons. The minimum atomic E-state index is -0.275. The maximum absolute atomic E-state index is 11.6. The molecule has 1 fully saturated rings. The van der Waals surface area contributed by atoms with Gasteiger partial charge in [0.1, 0.15) is 0 Å². The lowest BCUT2D eigenvalue weighted by Gasteiger charge is -2.43. The first-order valence-electron chi connectivity index (χ1n) is 11.0. The highest BCUT2D eigenvalue weighted by Gasteiger charge is 2.50. The van der Waals surface area contributed by atoms with Crippen LogP contribution in [0.4, 0.5) is 5.69 Å². The molecule has 1 aliphatic carbocycles. The fourth-order valence-electron chi connectivity index (χ4n) is 4.60. The quantitative estimate of drug-likeness (QED) is 0.233. The molecule has 3 rings (SSSR count). The lowest BCUT2D eigenvalue weighted by molar-refractivity contribution is -0.137. The minimum Gasteiger partial charge on any atom is -0.463 e. The number of esters is 1. The van der Waals surface area contributed by atoms with E-state index < -0.39 is 0 Å². The van der Waals surface area contributed by atoms with Crippen molar-refractivity contribution in [1.29, 1.82) is 0 Å². The van der Waals surface area contributed by atoms with Crippen molar-refractivity contribution >= 4 is 28.9 Å². The zero-order chi connectivity index (χ0) is 22.3. The molecule has 162 valence electrons. The van der Waals surface area contributed by atoms with Gasteiger partial charge < -0.3 is 9.64 Å². The maximum Gasteiger partial charge on any atom is 0.330 e. The van der Waals surface area contributed by atoms with Gasteiger partial charge in [-0.1, -0.05) is 57.3 Å². The average Bonchev–Trinajstić information content (AvgIpc) is 3.30. The Morgan fingerprint density at radius 2 is 2.03 bits per heavy atom. The van der Waals surface area contributed by atoms with Gasteiger partial charge in [-0.05, 0) is 73.6 Å². The van der Waals surface area contributed by atoms with Crippen LogP contribution in [0.3, 0.4) is 0 Å². The summed E-state index contributed by atoms with van der Waals surface area (Å²) in [6.07, 6.45) is 7.89. The molecule has 2 atom stereocenters. The average molecular weight is 426 g/mol. The summed E-state index contributed by atoms with van der Waals surface area (Å²) in [4.78, 5) is 15.0. The van der Waals surface area contributed by atoms with E-state index >= 15 is 0 Å². The minimum absolute atomic E-state index is 0.0450. The summed E-state index contributed by atoms with van der Waals surface area (Å²) < 4.78 is 4.99. The number of ether oxygens (including phenoxy) is 1. The molecule has 2 aliphatic rings. The number of carbonyl (C=O) groups excluding carboxylic acids is 1. The number of rotatable bonds is 6. The topological polar surface area (TPSA) is 29.5 Å². The van der Waals surface area contributed by atoms with E-state index in [4.69, 9.17) is 17.0 Å². The molecule has 4 heteroatoms. The van der Waals surface area contributed by atoms with Gasteiger partial charge in [0, 0.05) is 24.2 Å². The van der Waals surface area contributed by atoms with Crippen molar-refractivity contribution in [3.8, 4) is 0 Å². The van der Waals surface area contributed by atoms with Crippen molar-refractivity contribution in [1.82, 2.24) is 0 Å². The second-order valence-electron chi connectivity index (χ2n) is 9.88. The number of hydrogen-bond donors (Lipinski definition) is 0. The molecule has 1 aromatic rings. The Kier molecular flexibility index (Phi) is 6.29. The molecule has 0 spiro atoms. The Labute approximate surface area is 187 Å². The maximum atomic E-state index is 11.6. The van der Waals surface area contributed by atoms with Gasteiger partial charge in [-0.3, -0.25) is 0 Å². The summed E-state index contributed by atoms with van der Waals surface area (Å²) >= 11 is 5.75. The standard InChI is InChI=1S/C26H35NO2S/c1-8-29-24(28)13-18(4)9-10-20-15-26(20,7)19-11-12-22-21(14-19)25(5,6)16-23(30)27(22)17(2)3/h9-14,17,20H,8,15-16H2,1-7H3/b10-9+,18-13+/t20-,26-/m1/s1. The predicted octanol–water partition coefficient (Wildman–Crippen LogP) is 6.25. The van der Waals surface area contributed by atoms with Crippen LogP contribution in [0.5, 0.6) is 0 Å². The van der Waals surface area contributed by atoms with E-state index in [0.717, 1.165) is 23.4 Å².